The summed E-state index contributed by atoms with van der Waals surface area (Å²) < 4.78 is 77.9. The van der Waals surface area contributed by atoms with Gasteiger partial charge in [0.15, 0.2) is 0 Å². The molecule has 3 atom stereocenters. The Kier molecular flexibility index (Phi) is 6.07. The van der Waals surface area contributed by atoms with E-state index >= 15 is 0 Å². The number of anilines is 1. The van der Waals surface area contributed by atoms with Crippen molar-refractivity contribution < 1.29 is 36.2 Å². The zero-order valence-corrected chi connectivity index (χ0v) is 16.6. The van der Waals surface area contributed by atoms with Crippen molar-refractivity contribution in [3.05, 3.63) is 64.7 Å². The van der Waals surface area contributed by atoms with Crippen LogP contribution in [0.5, 0.6) is 0 Å². The number of carbonyl (C=O) groups is 1. The molecule has 1 aliphatic rings. The monoisotopic (exact) mass is 446 g/mol. The van der Waals surface area contributed by atoms with E-state index in [-0.39, 0.29) is 17.8 Å². The standard InChI is InChI=1S/C21H20F6N2O2/c1-11-15(21(25,26)27)4-3-5-16(11)28-18(30)17-14(10-29(2)19(17)31)12-6-8-13(9-7-12)20(22,23)24/h3-9,14,17,19,31H,10H2,1-2H3,(H,28,30)/t14-,17+,19?/m1/s1. The highest BCUT2D eigenvalue weighted by atomic mass is 19.4. The Hall–Kier alpha value is -2.59. The molecule has 0 bridgehead atoms. The Morgan fingerprint density at radius 2 is 1.65 bits per heavy atom. The molecule has 1 aliphatic heterocycles. The number of likely N-dealkylation sites (tertiary alicyclic amines) is 1. The molecule has 0 aromatic heterocycles. The minimum atomic E-state index is -4.60. The summed E-state index contributed by atoms with van der Waals surface area (Å²) in [5, 5.41) is 12.9. The second kappa shape index (κ2) is 8.16. The highest BCUT2D eigenvalue weighted by molar-refractivity contribution is 5.94. The lowest BCUT2D eigenvalue weighted by Crippen LogP contribution is -2.36. The lowest BCUT2D eigenvalue weighted by molar-refractivity contribution is -0.138. The van der Waals surface area contributed by atoms with E-state index in [4.69, 9.17) is 0 Å². The molecule has 168 valence electrons. The average Bonchev–Trinajstić information content (AvgIpc) is 2.97. The summed E-state index contributed by atoms with van der Waals surface area (Å²) in [7, 11) is 1.55. The molecule has 0 saturated carbocycles. The van der Waals surface area contributed by atoms with E-state index < -0.39 is 47.5 Å². The molecule has 1 unspecified atom stereocenters. The number of halogens is 6. The predicted octanol–water partition coefficient (Wildman–Crippen LogP) is 4.63. The van der Waals surface area contributed by atoms with Crippen molar-refractivity contribution in [1.82, 2.24) is 4.90 Å². The number of aliphatic hydroxyl groups excluding tert-OH is 1. The van der Waals surface area contributed by atoms with Gasteiger partial charge < -0.3 is 10.4 Å². The molecule has 4 nitrogen and oxygen atoms in total. The molecule has 31 heavy (non-hydrogen) atoms. The smallest absolute Gasteiger partial charge is 0.378 e. The molecule has 0 radical (unpaired) electrons. The fourth-order valence-electron chi connectivity index (χ4n) is 3.86. The minimum Gasteiger partial charge on any atom is -0.378 e. The van der Waals surface area contributed by atoms with E-state index in [1.807, 2.05) is 0 Å². The number of nitrogens with zero attached hydrogens (tertiary/aromatic N) is 1. The van der Waals surface area contributed by atoms with Crippen LogP contribution in [0, 0.1) is 12.8 Å². The molecular formula is C21H20F6N2O2. The summed E-state index contributed by atoms with van der Waals surface area (Å²) in [5.41, 5.74) is -1.54. The quantitative estimate of drug-likeness (QED) is 0.676. The van der Waals surface area contributed by atoms with Gasteiger partial charge in [-0.3, -0.25) is 9.69 Å². The van der Waals surface area contributed by atoms with Crippen LogP contribution in [-0.4, -0.2) is 35.7 Å². The summed E-state index contributed by atoms with van der Waals surface area (Å²) in [6.07, 6.45) is -10.4. The number of amides is 1. The van der Waals surface area contributed by atoms with Crippen LogP contribution in [0.15, 0.2) is 42.5 Å². The van der Waals surface area contributed by atoms with Crippen molar-refractivity contribution in [3.63, 3.8) is 0 Å². The molecule has 0 aliphatic carbocycles. The third-order valence-corrected chi connectivity index (χ3v) is 5.56. The van der Waals surface area contributed by atoms with Gasteiger partial charge >= 0.3 is 12.4 Å². The van der Waals surface area contributed by atoms with Gasteiger partial charge in [0.1, 0.15) is 6.23 Å². The molecule has 3 rings (SSSR count). The molecule has 1 fully saturated rings. The van der Waals surface area contributed by atoms with Crippen molar-refractivity contribution in [1.29, 1.82) is 0 Å². The first-order chi connectivity index (χ1) is 14.3. The Labute approximate surface area is 174 Å². The van der Waals surface area contributed by atoms with Gasteiger partial charge in [0.05, 0.1) is 17.0 Å². The number of aliphatic hydroxyl groups is 1. The Balaban J connectivity index is 1.88. The molecule has 2 aromatic rings. The predicted molar refractivity (Wildman–Crippen MR) is 101 cm³/mol. The fourth-order valence-corrected chi connectivity index (χ4v) is 3.86. The van der Waals surface area contributed by atoms with Gasteiger partial charge in [-0.25, -0.2) is 0 Å². The fraction of sp³-hybridized carbons (Fsp3) is 0.381. The number of hydrogen-bond donors (Lipinski definition) is 2. The summed E-state index contributed by atoms with van der Waals surface area (Å²) in [6, 6.07) is 7.66. The topological polar surface area (TPSA) is 52.6 Å². The molecule has 10 heteroatoms. The van der Waals surface area contributed by atoms with E-state index in [1.54, 1.807) is 7.05 Å². The summed E-state index contributed by atoms with van der Waals surface area (Å²) in [4.78, 5) is 14.4. The second-order valence-corrected chi connectivity index (χ2v) is 7.57. The molecule has 1 amide bonds. The molecule has 1 heterocycles. The molecule has 2 aromatic carbocycles. The largest absolute Gasteiger partial charge is 0.416 e. The SMILES string of the molecule is Cc1c(NC(=O)[C@H]2C(O)N(C)C[C@@H]2c2ccc(C(F)(F)F)cc2)cccc1C(F)(F)F. The third kappa shape index (κ3) is 4.69. The van der Waals surface area contributed by atoms with E-state index in [0.29, 0.717) is 5.56 Å². The highest BCUT2D eigenvalue weighted by Gasteiger charge is 2.45. The van der Waals surface area contributed by atoms with Crippen molar-refractivity contribution in [2.24, 2.45) is 5.92 Å². The number of benzene rings is 2. The van der Waals surface area contributed by atoms with Crippen LogP contribution in [0.25, 0.3) is 0 Å². The van der Waals surface area contributed by atoms with E-state index in [2.05, 4.69) is 5.32 Å². The van der Waals surface area contributed by atoms with Crippen LogP contribution < -0.4 is 5.32 Å². The Bertz CT molecular complexity index is 956. The van der Waals surface area contributed by atoms with Gasteiger partial charge in [-0.05, 0) is 49.4 Å². The van der Waals surface area contributed by atoms with Crippen molar-refractivity contribution in [2.75, 3.05) is 18.9 Å². The maximum absolute atomic E-state index is 13.1. The minimum absolute atomic E-state index is 0.0484. The second-order valence-electron chi connectivity index (χ2n) is 7.57. The lowest BCUT2D eigenvalue weighted by Gasteiger charge is -2.23. The van der Waals surface area contributed by atoms with E-state index in [0.717, 1.165) is 24.3 Å². The van der Waals surface area contributed by atoms with Crippen molar-refractivity contribution >= 4 is 11.6 Å². The van der Waals surface area contributed by atoms with Crippen molar-refractivity contribution in [2.45, 2.75) is 31.4 Å². The normalized spacial score (nSPS) is 22.5. The van der Waals surface area contributed by atoms with E-state index in [9.17, 15) is 36.2 Å². The Morgan fingerprint density at radius 3 is 2.19 bits per heavy atom. The summed E-state index contributed by atoms with van der Waals surface area (Å²) in [5.74, 6) is -2.45. The van der Waals surface area contributed by atoms with Crippen LogP contribution in [0.3, 0.4) is 0 Å². The van der Waals surface area contributed by atoms with Gasteiger partial charge in [-0.2, -0.15) is 26.3 Å². The van der Waals surface area contributed by atoms with Crippen LogP contribution in [0.1, 0.15) is 28.2 Å². The zero-order chi connectivity index (χ0) is 23.1. The summed E-state index contributed by atoms with van der Waals surface area (Å²) in [6.45, 7) is 1.41. The van der Waals surface area contributed by atoms with Gasteiger partial charge in [-0.1, -0.05) is 18.2 Å². The van der Waals surface area contributed by atoms with Crippen LogP contribution in [0.4, 0.5) is 32.0 Å². The maximum Gasteiger partial charge on any atom is 0.416 e. The molecular weight excluding hydrogens is 426 g/mol. The van der Waals surface area contributed by atoms with Gasteiger partial charge in [0.2, 0.25) is 5.91 Å². The van der Waals surface area contributed by atoms with Gasteiger partial charge in [-0.15, -0.1) is 0 Å². The van der Waals surface area contributed by atoms with E-state index in [1.165, 1.54) is 30.0 Å². The van der Waals surface area contributed by atoms with Gasteiger partial charge in [0.25, 0.3) is 0 Å². The molecule has 2 N–H and O–H groups in total. The number of nitrogens with one attached hydrogen (secondary N) is 1. The van der Waals surface area contributed by atoms with Crippen LogP contribution in [0.2, 0.25) is 0 Å². The van der Waals surface area contributed by atoms with Crippen LogP contribution >= 0.6 is 0 Å². The van der Waals surface area contributed by atoms with Gasteiger partial charge in [0, 0.05) is 18.2 Å². The number of hydrogen-bond acceptors (Lipinski definition) is 3. The number of alkyl halides is 6. The number of carbonyl (C=O) groups excluding carboxylic acids is 1. The third-order valence-electron chi connectivity index (χ3n) is 5.56. The summed E-state index contributed by atoms with van der Waals surface area (Å²) >= 11 is 0. The first-order valence-corrected chi connectivity index (χ1v) is 9.34. The lowest BCUT2D eigenvalue weighted by atomic mass is 9.87. The first-order valence-electron chi connectivity index (χ1n) is 9.34. The number of rotatable bonds is 3. The highest BCUT2D eigenvalue weighted by Crippen LogP contribution is 2.39. The van der Waals surface area contributed by atoms with Crippen molar-refractivity contribution in [3.8, 4) is 0 Å². The maximum atomic E-state index is 13.1. The number of likely N-dealkylation sites (N-methyl/N-ethyl adjacent to an activating group) is 1. The Morgan fingerprint density at radius 1 is 1.03 bits per heavy atom. The first kappa shape index (κ1) is 23.1. The van der Waals surface area contributed by atoms with Crippen LogP contribution in [-0.2, 0) is 17.1 Å². The molecule has 0 spiro atoms. The average molecular weight is 446 g/mol. The molecule has 1 saturated heterocycles. The zero-order valence-electron chi connectivity index (χ0n) is 16.6.